The number of hydrogen-bond donors (Lipinski definition) is 1. The molecule has 15 heavy (non-hydrogen) atoms. The van der Waals surface area contributed by atoms with Crippen LogP contribution in [0.3, 0.4) is 0 Å². The summed E-state index contributed by atoms with van der Waals surface area (Å²) >= 11 is 1.66. The van der Waals surface area contributed by atoms with Crippen LogP contribution in [0, 0.1) is 0 Å². The van der Waals surface area contributed by atoms with Crippen molar-refractivity contribution in [2.75, 3.05) is 0 Å². The van der Waals surface area contributed by atoms with Crippen molar-refractivity contribution in [2.24, 2.45) is 7.05 Å². The summed E-state index contributed by atoms with van der Waals surface area (Å²) in [5.74, 6) is 0.936. The highest BCUT2D eigenvalue weighted by Gasteiger charge is 2.07. The van der Waals surface area contributed by atoms with Gasteiger partial charge >= 0.3 is 0 Å². The molecule has 0 spiro atoms. The van der Waals surface area contributed by atoms with E-state index in [1.165, 1.54) is 4.88 Å². The van der Waals surface area contributed by atoms with Gasteiger partial charge in [0.2, 0.25) is 0 Å². The Kier molecular flexibility index (Phi) is 3.08. The molecule has 0 saturated carbocycles. The first-order chi connectivity index (χ1) is 7.27. The number of nitrogens with zero attached hydrogens (tertiary/aromatic N) is 4. The molecule has 0 aromatic carbocycles. The van der Waals surface area contributed by atoms with Gasteiger partial charge in [-0.05, 0) is 6.92 Å². The van der Waals surface area contributed by atoms with Gasteiger partial charge in [-0.3, -0.25) is 4.98 Å². The van der Waals surface area contributed by atoms with Crippen LogP contribution >= 0.6 is 11.3 Å². The zero-order chi connectivity index (χ0) is 10.7. The molecule has 6 heteroatoms. The molecule has 2 heterocycles. The second kappa shape index (κ2) is 4.50. The average molecular weight is 223 g/mol. The molecule has 2 aromatic rings. The molecule has 0 aliphatic heterocycles. The largest absolute Gasteiger partial charge is 0.320 e. The molecular weight excluding hydrogens is 210 g/mol. The summed E-state index contributed by atoms with van der Waals surface area (Å²) < 4.78 is 1.91. The van der Waals surface area contributed by atoms with E-state index in [1.54, 1.807) is 17.7 Å². The van der Waals surface area contributed by atoms with Gasteiger partial charge in [-0.2, -0.15) is 0 Å². The van der Waals surface area contributed by atoms with Crippen LogP contribution in [0.25, 0.3) is 0 Å². The number of hydrogen-bond acceptors (Lipinski definition) is 5. The lowest BCUT2D eigenvalue weighted by Crippen LogP contribution is -2.19. The molecule has 0 radical (unpaired) electrons. The van der Waals surface area contributed by atoms with Crippen molar-refractivity contribution in [2.45, 2.75) is 19.5 Å². The number of thiazole rings is 1. The lowest BCUT2D eigenvalue weighted by Gasteiger charge is -2.10. The van der Waals surface area contributed by atoms with Gasteiger partial charge in [0.1, 0.15) is 12.2 Å². The average Bonchev–Trinajstić information content (AvgIpc) is 2.85. The second-order valence-corrected chi connectivity index (χ2v) is 4.28. The van der Waals surface area contributed by atoms with E-state index in [2.05, 4.69) is 27.4 Å². The van der Waals surface area contributed by atoms with Crippen LogP contribution in [0.5, 0.6) is 0 Å². The first-order valence-electron chi connectivity index (χ1n) is 4.72. The summed E-state index contributed by atoms with van der Waals surface area (Å²) in [6.45, 7) is 2.83. The standard InChI is InChI=1S/C9H13N5S/c1-7(8-3-10-6-15-8)11-4-9-13-12-5-14(9)2/h3,5-7,11H,4H2,1-2H3. The third-order valence-corrected chi connectivity index (χ3v) is 3.21. The minimum Gasteiger partial charge on any atom is -0.320 e. The molecule has 5 nitrogen and oxygen atoms in total. The highest BCUT2D eigenvalue weighted by atomic mass is 32.1. The quantitative estimate of drug-likeness (QED) is 0.844. The van der Waals surface area contributed by atoms with Gasteiger partial charge in [-0.15, -0.1) is 21.5 Å². The molecule has 1 N–H and O–H groups in total. The maximum atomic E-state index is 4.05. The second-order valence-electron chi connectivity index (χ2n) is 3.36. The van der Waals surface area contributed by atoms with Gasteiger partial charge in [-0.1, -0.05) is 0 Å². The van der Waals surface area contributed by atoms with Crippen molar-refractivity contribution in [3.05, 3.63) is 28.7 Å². The van der Waals surface area contributed by atoms with E-state index in [1.807, 2.05) is 23.3 Å². The predicted octanol–water partition coefficient (Wildman–Crippen LogP) is 1.12. The van der Waals surface area contributed by atoms with Crippen LogP contribution in [0.2, 0.25) is 0 Å². The zero-order valence-corrected chi connectivity index (χ0v) is 9.53. The summed E-state index contributed by atoms with van der Waals surface area (Å²) in [6, 6.07) is 0.300. The van der Waals surface area contributed by atoms with Crippen molar-refractivity contribution in [3.8, 4) is 0 Å². The molecule has 2 rings (SSSR count). The lowest BCUT2D eigenvalue weighted by atomic mass is 10.3. The summed E-state index contributed by atoms with van der Waals surface area (Å²) in [5.41, 5.74) is 1.84. The van der Waals surface area contributed by atoms with Crippen LogP contribution in [-0.4, -0.2) is 19.7 Å². The molecular formula is C9H13N5S. The maximum Gasteiger partial charge on any atom is 0.146 e. The smallest absolute Gasteiger partial charge is 0.146 e. The maximum absolute atomic E-state index is 4.05. The van der Waals surface area contributed by atoms with Crippen LogP contribution in [0.4, 0.5) is 0 Å². The lowest BCUT2D eigenvalue weighted by molar-refractivity contribution is 0.554. The Hall–Kier alpha value is -1.27. The monoisotopic (exact) mass is 223 g/mol. The van der Waals surface area contributed by atoms with Crippen LogP contribution in [0.15, 0.2) is 18.0 Å². The van der Waals surface area contributed by atoms with Gasteiger partial charge in [0, 0.05) is 24.2 Å². The van der Waals surface area contributed by atoms with E-state index in [4.69, 9.17) is 0 Å². The molecule has 0 saturated heterocycles. The molecule has 0 fully saturated rings. The first-order valence-corrected chi connectivity index (χ1v) is 5.60. The molecule has 0 amide bonds. The highest BCUT2D eigenvalue weighted by Crippen LogP contribution is 2.16. The normalized spacial score (nSPS) is 12.9. The Morgan fingerprint density at radius 3 is 3.07 bits per heavy atom. The molecule has 2 aromatic heterocycles. The molecule has 0 bridgehead atoms. The Labute approximate surface area is 92.2 Å². The molecule has 1 unspecified atom stereocenters. The van der Waals surface area contributed by atoms with Crippen molar-refractivity contribution in [3.63, 3.8) is 0 Å². The molecule has 0 aliphatic rings. The highest BCUT2D eigenvalue weighted by molar-refractivity contribution is 7.09. The minimum atomic E-state index is 0.300. The number of nitrogens with one attached hydrogen (secondary N) is 1. The van der Waals surface area contributed by atoms with Crippen molar-refractivity contribution in [1.29, 1.82) is 0 Å². The fourth-order valence-corrected chi connectivity index (χ4v) is 1.90. The topological polar surface area (TPSA) is 55.6 Å². The minimum absolute atomic E-state index is 0.300. The SMILES string of the molecule is CC(NCc1nncn1C)c1cncs1. The fraction of sp³-hybridized carbons (Fsp3) is 0.444. The van der Waals surface area contributed by atoms with Crippen LogP contribution in [0.1, 0.15) is 23.7 Å². The van der Waals surface area contributed by atoms with Gasteiger partial charge in [-0.25, -0.2) is 0 Å². The first kappa shape index (κ1) is 10.3. The van der Waals surface area contributed by atoms with Gasteiger partial charge in [0.25, 0.3) is 0 Å². The van der Waals surface area contributed by atoms with Gasteiger partial charge in [0.15, 0.2) is 0 Å². The third kappa shape index (κ3) is 2.40. The van der Waals surface area contributed by atoms with Crippen molar-refractivity contribution in [1.82, 2.24) is 25.1 Å². The van der Waals surface area contributed by atoms with E-state index in [0.717, 1.165) is 12.4 Å². The van der Waals surface area contributed by atoms with E-state index < -0.39 is 0 Å². The number of aryl methyl sites for hydroxylation is 1. The Balaban J connectivity index is 1.91. The number of rotatable bonds is 4. The van der Waals surface area contributed by atoms with Gasteiger partial charge in [0.05, 0.1) is 12.1 Å². The third-order valence-electron chi connectivity index (χ3n) is 2.25. The van der Waals surface area contributed by atoms with Crippen molar-refractivity contribution < 1.29 is 0 Å². The zero-order valence-electron chi connectivity index (χ0n) is 8.71. The molecule has 80 valence electrons. The van der Waals surface area contributed by atoms with E-state index in [0.29, 0.717) is 6.04 Å². The summed E-state index contributed by atoms with van der Waals surface area (Å²) in [4.78, 5) is 5.28. The summed E-state index contributed by atoms with van der Waals surface area (Å²) in [6.07, 6.45) is 3.59. The Bertz CT molecular complexity index is 408. The van der Waals surface area contributed by atoms with Crippen LogP contribution < -0.4 is 5.32 Å². The van der Waals surface area contributed by atoms with Crippen molar-refractivity contribution >= 4 is 11.3 Å². The van der Waals surface area contributed by atoms with E-state index >= 15 is 0 Å². The predicted molar refractivity (Wildman–Crippen MR) is 58.4 cm³/mol. The summed E-state index contributed by atoms with van der Waals surface area (Å²) in [7, 11) is 1.94. The Morgan fingerprint density at radius 1 is 1.60 bits per heavy atom. The van der Waals surface area contributed by atoms with Crippen LogP contribution in [-0.2, 0) is 13.6 Å². The number of aromatic nitrogens is 4. The fourth-order valence-electron chi connectivity index (χ4n) is 1.25. The van der Waals surface area contributed by atoms with Gasteiger partial charge < -0.3 is 9.88 Å². The van der Waals surface area contributed by atoms with E-state index in [-0.39, 0.29) is 0 Å². The molecule has 0 aliphatic carbocycles. The summed E-state index contributed by atoms with van der Waals surface area (Å²) in [5, 5.41) is 11.2. The molecule has 1 atom stereocenters. The Morgan fingerprint density at radius 2 is 2.47 bits per heavy atom. The van der Waals surface area contributed by atoms with E-state index in [9.17, 15) is 0 Å².